The van der Waals surface area contributed by atoms with Crippen molar-refractivity contribution < 1.29 is 9.59 Å². The molecule has 5 nitrogen and oxygen atoms in total. The van der Waals surface area contributed by atoms with Gasteiger partial charge in [0.2, 0.25) is 11.8 Å². The van der Waals surface area contributed by atoms with E-state index in [1.165, 1.54) is 11.3 Å². The molecule has 0 bridgehead atoms. The Labute approximate surface area is 146 Å². The molecule has 1 N–H and O–H groups in total. The minimum absolute atomic E-state index is 0.00572. The first-order chi connectivity index (χ1) is 11.6. The molecule has 24 heavy (non-hydrogen) atoms. The number of carbonyl (C=O) groups excluding carboxylic acids is 2. The number of rotatable bonds is 8. The van der Waals surface area contributed by atoms with E-state index in [9.17, 15) is 9.59 Å². The van der Waals surface area contributed by atoms with E-state index in [-0.39, 0.29) is 18.4 Å². The zero-order valence-corrected chi connectivity index (χ0v) is 14.9. The van der Waals surface area contributed by atoms with Crippen molar-refractivity contribution in [2.24, 2.45) is 0 Å². The van der Waals surface area contributed by atoms with E-state index < -0.39 is 0 Å². The van der Waals surface area contributed by atoms with Crippen molar-refractivity contribution in [1.82, 2.24) is 9.88 Å². The van der Waals surface area contributed by atoms with Gasteiger partial charge in [-0.2, -0.15) is 0 Å². The zero-order valence-electron chi connectivity index (χ0n) is 14.1. The van der Waals surface area contributed by atoms with Crippen LogP contribution in [0.1, 0.15) is 30.2 Å². The first kappa shape index (κ1) is 18.1. The van der Waals surface area contributed by atoms with Gasteiger partial charge in [-0.3, -0.25) is 9.59 Å². The Morgan fingerprint density at radius 1 is 1.25 bits per heavy atom. The maximum atomic E-state index is 12.4. The Bertz CT molecular complexity index is 670. The lowest BCUT2D eigenvalue weighted by Gasteiger charge is -2.21. The van der Waals surface area contributed by atoms with E-state index in [1.807, 2.05) is 44.2 Å². The van der Waals surface area contributed by atoms with Crippen molar-refractivity contribution in [3.63, 3.8) is 0 Å². The Morgan fingerprint density at radius 3 is 2.62 bits per heavy atom. The number of benzene rings is 1. The highest BCUT2D eigenvalue weighted by Gasteiger charge is 2.17. The Hall–Kier alpha value is -2.21. The minimum atomic E-state index is -0.203. The van der Waals surface area contributed by atoms with Crippen molar-refractivity contribution in [1.29, 1.82) is 0 Å². The number of anilines is 1. The molecule has 0 unspecified atom stereocenters. The smallest absolute Gasteiger partial charge is 0.245 e. The molecule has 0 aliphatic heterocycles. The molecule has 0 atom stereocenters. The maximum Gasteiger partial charge on any atom is 0.245 e. The number of nitrogens with one attached hydrogen (secondary N) is 1. The van der Waals surface area contributed by atoms with Gasteiger partial charge in [-0.15, -0.1) is 11.3 Å². The third-order valence-corrected chi connectivity index (χ3v) is 4.35. The highest BCUT2D eigenvalue weighted by molar-refractivity contribution is 7.15. The van der Waals surface area contributed by atoms with Gasteiger partial charge in [0.25, 0.3) is 0 Å². The molecular weight excluding hydrogens is 322 g/mol. The van der Waals surface area contributed by atoms with Crippen LogP contribution in [0, 0.1) is 6.92 Å². The molecule has 128 valence electrons. The number of thiazole rings is 1. The second kappa shape index (κ2) is 9.17. The monoisotopic (exact) mass is 345 g/mol. The molecule has 2 rings (SSSR count). The third-order valence-electron chi connectivity index (χ3n) is 3.52. The summed E-state index contributed by atoms with van der Waals surface area (Å²) >= 11 is 1.43. The molecule has 1 heterocycles. The quantitative estimate of drug-likeness (QED) is 0.799. The fourth-order valence-electron chi connectivity index (χ4n) is 2.36. The van der Waals surface area contributed by atoms with E-state index in [2.05, 4.69) is 10.3 Å². The van der Waals surface area contributed by atoms with Gasteiger partial charge in [0, 0.05) is 24.0 Å². The molecule has 0 aliphatic rings. The first-order valence-electron chi connectivity index (χ1n) is 8.12. The average molecular weight is 345 g/mol. The predicted octanol–water partition coefficient (Wildman–Crippen LogP) is 3.26. The van der Waals surface area contributed by atoms with E-state index >= 15 is 0 Å². The van der Waals surface area contributed by atoms with Gasteiger partial charge in [-0.25, -0.2) is 4.98 Å². The Morgan fingerprint density at radius 2 is 2.00 bits per heavy atom. The molecule has 1 aromatic heterocycles. The lowest BCUT2D eigenvalue weighted by atomic mass is 10.1. The molecule has 0 radical (unpaired) electrons. The molecule has 6 heteroatoms. The average Bonchev–Trinajstić information content (AvgIpc) is 2.98. The highest BCUT2D eigenvalue weighted by atomic mass is 32.1. The van der Waals surface area contributed by atoms with Crippen LogP contribution in [0.5, 0.6) is 0 Å². The topological polar surface area (TPSA) is 62.3 Å². The van der Waals surface area contributed by atoms with Crippen molar-refractivity contribution >= 4 is 28.3 Å². The van der Waals surface area contributed by atoms with Crippen LogP contribution in [0.25, 0.3) is 0 Å². The summed E-state index contributed by atoms with van der Waals surface area (Å²) in [6.45, 7) is 4.58. The lowest BCUT2D eigenvalue weighted by Crippen LogP contribution is -2.38. The van der Waals surface area contributed by atoms with Crippen LogP contribution in [0.2, 0.25) is 0 Å². The molecule has 0 aliphatic carbocycles. The van der Waals surface area contributed by atoms with Gasteiger partial charge in [-0.05, 0) is 25.3 Å². The summed E-state index contributed by atoms with van der Waals surface area (Å²) < 4.78 is 0. The Balaban J connectivity index is 1.87. The van der Waals surface area contributed by atoms with Gasteiger partial charge in [0.15, 0.2) is 5.13 Å². The number of aromatic nitrogens is 1. The minimum Gasteiger partial charge on any atom is -0.333 e. The van der Waals surface area contributed by atoms with Gasteiger partial charge >= 0.3 is 0 Å². The first-order valence-corrected chi connectivity index (χ1v) is 8.94. The van der Waals surface area contributed by atoms with Crippen LogP contribution in [-0.2, 0) is 16.0 Å². The van der Waals surface area contributed by atoms with Gasteiger partial charge < -0.3 is 10.2 Å². The van der Waals surface area contributed by atoms with Crippen LogP contribution in [0.3, 0.4) is 0 Å². The molecule has 2 aromatic rings. The zero-order chi connectivity index (χ0) is 17.4. The number of hydrogen-bond acceptors (Lipinski definition) is 4. The molecule has 0 saturated carbocycles. The van der Waals surface area contributed by atoms with Crippen molar-refractivity contribution in [3.05, 3.63) is 47.0 Å². The summed E-state index contributed by atoms with van der Waals surface area (Å²) in [5.74, 6) is -0.197. The van der Waals surface area contributed by atoms with E-state index in [0.29, 0.717) is 24.5 Å². The summed E-state index contributed by atoms with van der Waals surface area (Å²) in [5, 5.41) is 3.33. The van der Waals surface area contributed by atoms with Crippen molar-refractivity contribution in [3.8, 4) is 0 Å². The number of nitrogens with zero attached hydrogens (tertiary/aromatic N) is 2. The van der Waals surface area contributed by atoms with Gasteiger partial charge in [0.05, 0.1) is 6.54 Å². The number of aryl methyl sites for hydroxylation is 2. The van der Waals surface area contributed by atoms with E-state index in [4.69, 9.17) is 0 Å². The van der Waals surface area contributed by atoms with Crippen molar-refractivity contribution in [2.45, 2.75) is 33.1 Å². The van der Waals surface area contributed by atoms with Crippen LogP contribution in [-0.4, -0.2) is 34.8 Å². The fraction of sp³-hybridized carbons (Fsp3) is 0.389. The van der Waals surface area contributed by atoms with Crippen LogP contribution in [0.4, 0.5) is 5.13 Å². The number of carbonyl (C=O) groups is 2. The molecule has 0 spiro atoms. The van der Waals surface area contributed by atoms with Crippen LogP contribution in [0.15, 0.2) is 36.5 Å². The largest absolute Gasteiger partial charge is 0.333 e. The standard InChI is InChI=1S/C18H23N3O2S/c1-3-11-21(13-16(22)20-18-19-12-14(2)24-18)17(23)10-9-15-7-5-4-6-8-15/h4-8,12H,3,9-11,13H2,1-2H3,(H,19,20,22). The van der Waals surface area contributed by atoms with Gasteiger partial charge in [-0.1, -0.05) is 37.3 Å². The summed E-state index contributed by atoms with van der Waals surface area (Å²) in [5.41, 5.74) is 1.13. The Kier molecular flexibility index (Phi) is 6.93. The van der Waals surface area contributed by atoms with Gasteiger partial charge in [0.1, 0.15) is 0 Å². The third kappa shape index (κ3) is 5.77. The predicted molar refractivity (Wildman–Crippen MR) is 97.1 cm³/mol. The molecule has 0 saturated heterocycles. The second-order valence-electron chi connectivity index (χ2n) is 5.63. The van der Waals surface area contributed by atoms with Crippen LogP contribution >= 0.6 is 11.3 Å². The second-order valence-corrected chi connectivity index (χ2v) is 6.86. The molecule has 0 fully saturated rings. The molecule has 1 aromatic carbocycles. The summed E-state index contributed by atoms with van der Waals surface area (Å²) in [6.07, 6.45) is 3.64. The van der Waals surface area contributed by atoms with E-state index in [0.717, 1.165) is 16.9 Å². The lowest BCUT2D eigenvalue weighted by molar-refractivity contribution is -0.134. The SMILES string of the molecule is CCCN(CC(=O)Nc1ncc(C)s1)C(=O)CCc1ccccc1. The number of hydrogen-bond donors (Lipinski definition) is 1. The summed E-state index contributed by atoms with van der Waals surface area (Å²) in [7, 11) is 0. The normalized spacial score (nSPS) is 10.4. The van der Waals surface area contributed by atoms with E-state index in [1.54, 1.807) is 11.1 Å². The highest BCUT2D eigenvalue weighted by Crippen LogP contribution is 2.16. The molecular formula is C18H23N3O2S. The fourth-order valence-corrected chi connectivity index (χ4v) is 3.04. The van der Waals surface area contributed by atoms with Crippen molar-refractivity contribution in [2.75, 3.05) is 18.4 Å². The molecule has 2 amide bonds. The van der Waals surface area contributed by atoms with Crippen LogP contribution < -0.4 is 5.32 Å². The summed E-state index contributed by atoms with van der Waals surface area (Å²) in [6, 6.07) is 9.91. The summed E-state index contributed by atoms with van der Waals surface area (Å²) in [4.78, 5) is 31.4. The number of amides is 2. The maximum absolute atomic E-state index is 12.4.